The Balaban J connectivity index is 1.10. The number of hydrogen-bond donors (Lipinski definition) is 0. The van der Waals surface area contributed by atoms with Crippen LogP contribution in [0.5, 0.6) is 0 Å². The highest BCUT2D eigenvalue weighted by Gasteiger charge is 2.57. The molecule has 1 aromatic carbocycles. The summed E-state index contributed by atoms with van der Waals surface area (Å²) in [4.78, 5) is 49.0. The molecule has 1 saturated carbocycles. The smallest absolute Gasteiger partial charge is 0.410 e. The van der Waals surface area contributed by atoms with E-state index < -0.39 is 16.6 Å². The largest absolute Gasteiger partial charge is 0.449 e. The molecule has 4 aliphatic rings. The summed E-state index contributed by atoms with van der Waals surface area (Å²) in [6.45, 7) is 9.06. The van der Waals surface area contributed by atoms with Gasteiger partial charge >= 0.3 is 12.1 Å². The third kappa shape index (κ3) is 4.18. The third-order valence-corrected chi connectivity index (χ3v) is 8.16. The van der Waals surface area contributed by atoms with E-state index in [1.54, 1.807) is 11.0 Å². The number of piperazine rings is 1. The van der Waals surface area contributed by atoms with Gasteiger partial charge in [0.15, 0.2) is 5.60 Å². The van der Waals surface area contributed by atoms with Crippen molar-refractivity contribution in [2.75, 3.05) is 44.2 Å². The van der Waals surface area contributed by atoms with E-state index in [-0.39, 0.29) is 18.0 Å². The normalized spacial score (nSPS) is 23.9. The molecule has 0 bridgehead atoms. The first-order valence-corrected chi connectivity index (χ1v) is 13.4. The van der Waals surface area contributed by atoms with Crippen LogP contribution in [0, 0.1) is 0 Å². The third-order valence-electron chi connectivity index (χ3n) is 8.16. The molecular formula is C29H34N4O5. The van der Waals surface area contributed by atoms with Crippen LogP contribution in [0.3, 0.4) is 0 Å². The first-order chi connectivity index (χ1) is 18.1. The molecule has 2 aromatic rings. The number of rotatable bonds is 3. The Morgan fingerprint density at radius 2 is 1.68 bits per heavy atom. The van der Waals surface area contributed by atoms with E-state index in [4.69, 9.17) is 14.5 Å². The predicted octanol–water partition coefficient (Wildman–Crippen LogP) is 3.47. The lowest BCUT2D eigenvalue weighted by molar-refractivity contribution is -0.134. The van der Waals surface area contributed by atoms with Crippen molar-refractivity contribution in [3.8, 4) is 0 Å². The fourth-order valence-corrected chi connectivity index (χ4v) is 5.96. The van der Waals surface area contributed by atoms with Gasteiger partial charge in [-0.3, -0.25) is 4.79 Å². The van der Waals surface area contributed by atoms with Crippen molar-refractivity contribution in [1.29, 1.82) is 0 Å². The number of fused-ring (bicyclic) bond motifs is 2. The standard InChI is InChI=1S/C29H34N4O5/c1-27(2,3)38-26(36)32-16-14-31(15-17-32)23-9-8-20(18-30-23)28(10-11-28)25(35)33-13-12-29(19-33)22-7-5-4-6-21(22)24(34)37-29/h4-9,18H,10-17,19H2,1-3H3/t29-/m0/s1. The van der Waals surface area contributed by atoms with Crippen LogP contribution in [0.4, 0.5) is 10.6 Å². The summed E-state index contributed by atoms with van der Waals surface area (Å²) in [7, 11) is 0. The second kappa shape index (κ2) is 8.71. The molecular weight excluding hydrogens is 484 g/mol. The number of likely N-dealkylation sites (tertiary alicyclic amines) is 1. The number of benzene rings is 1. The van der Waals surface area contributed by atoms with Gasteiger partial charge in [0.25, 0.3) is 0 Å². The summed E-state index contributed by atoms with van der Waals surface area (Å²) in [5.41, 5.74) is 0.641. The van der Waals surface area contributed by atoms with Crippen molar-refractivity contribution < 1.29 is 23.9 Å². The van der Waals surface area contributed by atoms with Crippen LogP contribution in [0.2, 0.25) is 0 Å². The molecule has 0 N–H and O–H groups in total. The van der Waals surface area contributed by atoms with E-state index in [9.17, 15) is 14.4 Å². The van der Waals surface area contributed by atoms with Crippen LogP contribution in [0.15, 0.2) is 42.6 Å². The molecule has 3 fully saturated rings. The molecule has 6 rings (SSSR count). The zero-order valence-corrected chi connectivity index (χ0v) is 22.2. The zero-order valence-electron chi connectivity index (χ0n) is 22.2. The number of ether oxygens (including phenoxy) is 2. The van der Waals surface area contributed by atoms with Crippen molar-refractivity contribution in [3.63, 3.8) is 0 Å². The molecule has 1 aromatic heterocycles. The maximum atomic E-state index is 13.7. The van der Waals surface area contributed by atoms with Gasteiger partial charge in [-0.25, -0.2) is 14.6 Å². The minimum absolute atomic E-state index is 0.0929. The van der Waals surface area contributed by atoms with Gasteiger partial charge in [-0.15, -0.1) is 0 Å². The monoisotopic (exact) mass is 518 g/mol. The molecule has 0 radical (unpaired) electrons. The van der Waals surface area contributed by atoms with Gasteiger partial charge in [-0.05, 0) is 51.3 Å². The molecule has 2 saturated heterocycles. The molecule has 1 atom stereocenters. The maximum Gasteiger partial charge on any atom is 0.410 e. The van der Waals surface area contributed by atoms with E-state index in [1.807, 2.05) is 62.2 Å². The van der Waals surface area contributed by atoms with Crippen LogP contribution in [-0.2, 0) is 25.3 Å². The van der Waals surface area contributed by atoms with Crippen LogP contribution in [-0.4, -0.2) is 77.6 Å². The Morgan fingerprint density at radius 3 is 2.34 bits per heavy atom. The van der Waals surface area contributed by atoms with Crippen LogP contribution in [0.25, 0.3) is 0 Å². The number of carbonyl (C=O) groups is 3. The summed E-state index contributed by atoms with van der Waals surface area (Å²) in [5.74, 6) is 0.633. The molecule has 4 heterocycles. The van der Waals surface area contributed by atoms with Gasteiger partial charge in [-0.1, -0.05) is 24.3 Å². The van der Waals surface area contributed by atoms with E-state index in [0.717, 1.165) is 29.8 Å². The second-order valence-corrected chi connectivity index (χ2v) is 11.8. The SMILES string of the molecule is CC(C)(C)OC(=O)N1CCN(c2ccc(C3(C(=O)N4CC[C@@]5(C4)OC(=O)c4ccccc45)CC3)cn2)CC1. The summed E-state index contributed by atoms with van der Waals surface area (Å²) in [6.07, 6.45) is 3.75. The summed E-state index contributed by atoms with van der Waals surface area (Å²) < 4.78 is 11.3. The lowest BCUT2D eigenvalue weighted by Gasteiger charge is -2.36. The van der Waals surface area contributed by atoms with E-state index in [0.29, 0.717) is 51.3 Å². The lowest BCUT2D eigenvalue weighted by Crippen LogP contribution is -2.50. The number of anilines is 1. The Bertz CT molecular complexity index is 1270. The molecule has 9 heteroatoms. The van der Waals surface area contributed by atoms with E-state index in [1.165, 1.54) is 0 Å². The van der Waals surface area contributed by atoms with E-state index >= 15 is 0 Å². The van der Waals surface area contributed by atoms with Crippen LogP contribution < -0.4 is 4.90 Å². The molecule has 3 aliphatic heterocycles. The number of aromatic nitrogens is 1. The maximum absolute atomic E-state index is 13.7. The van der Waals surface area contributed by atoms with Gasteiger partial charge in [0.05, 0.1) is 17.5 Å². The van der Waals surface area contributed by atoms with Gasteiger partial charge in [0.2, 0.25) is 5.91 Å². The first-order valence-electron chi connectivity index (χ1n) is 13.4. The Kier molecular flexibility index (Phi) is 5.66. The molecule has 1 aliphatic carbocycles. The number of carbonyl (C=O) groups excluding carboxylic acids is 3. The number of esters is 1. The van der Waals surface area contributed by atoms with Crippen molar-refractivity contribution in [2.24, 2.45) is 0 Å². The summed E-state index contributed by atoms with van der Waals surface area (Å²) >= 11 is 0. The number of nitrogens with zero attached hydrogens (tertiary/aromatic N) is 4. The number of hydrogen-bond acceptors (Lipinski definition) is 7. The fourth-order valence-electron chi connectivity index (χ4n) is 5.96. The topological polar surface area (TPSA) is 92.3 Å². The summed E-state index contributed by atoms with van der Waals surface area (Å²) in [5, 5.41) is 0. The van der Waals surface area contributed by atoms with Gasteiger partial charge in [-0.2, -0.15) is 0 Å². The predicted molar refractivity (Wildman–Crippen MR) is 140 cm³/mol. The lowest BCUT2D eigenvalue weighted by atomic mass is 9.91. The average molecular weight is 519 g/mol. The average Bonchev–Trinajstić information content (AvgIpc) is 3.53. The van der Waals surface area contributed by atoms with Crippen LogP contribution >= 0.6 is 0 Å². The second-order valence-electron chi connectivity index (χ2n) is 11.8. The molecule has 2 amide bonds. The first kappa shape index (κ1) is 24.7. The Labute approximate surface area is 222 Å². The van der Waals surface area contributed by atoms with Gasteiger partial charge in [0, 0.05) is 50.9 Å². The van der Waals surface area contributed by atoms with Crippen molar-refractivity contribution >= 4 is 23.8 Å². The minimum Gasteiger partial charge on any atom is -0.449 e. The molecule has 9 nitrogen and oxygen atoms in total. The minimum atomic E-state index is -0.733. The molecule has 1 spiro atoms. The zero-order chi connectivity index (χ0) is 26.7. The van der Waals surface area contributed by atoms with E-state index in [2.05, 4.69) is 4.90 Å². The quantitative estimate of drug-likeness (QED) is 0.575. The highest BCUT2D eigenvalue weighted by atomic mass is 16.6. The van der Waals surface area contributed by atoms with Gasteiger partial charge < -0.3 is 24.2 Å². The number of amides is 2. The van der Waals surface area contributed by atoms with Crippen molar-refractivity contribution in [2.45, 2.75) is 56.7 Å². The van der Waals surface area contributed by atoms with Crippen molar-refractivity contribution in [1.82, 2.24) is 14.8 Å². The van der Waals surface area contributed by atoms with Gasteiger partial charge in [0.1, 0.15) is 11.4 Å². The molecule has 38 heavy (non-hydrogen) atoms. The van der Waals surface area contributed by atoms with Crippen molar-refractivity contribution in [3.05, 3.63) is 59.3 Å². The Hall–Kier alpha value is -3.62. The highest BCUT2D eigenvalue weighted by molar-refractivity contribution is 5.96. The summed E-state index contributed by atoms with van der Waals surface area (Å²) in [6, 6.07) is 11.5. The molecule has 200 valence electrons. The molecule has 0 unspecified atom stereocenters. The Morgan fingerprint density at radius 1 is 0.947 bits per heavy atom. The highest BCUT2D eigenvalue weighted by Crippen LogP contribution is 2.52. The van der Waals surface area contributed by atoms with Crippen LogP contribution in [0.1, 0.15) is 61.5 Å². The fraction of sp³-hybridized carbons (Fsp3) is 0.517. The number of pyridine rings is 1.